The van der Waals surface area contributed by atoms with E-state index in [1.807, 2.05) is 19.9 Å². The molecule has 132 valence electrons. The van der Waals surface area contributed by atoms with Crippen molar-refractivity contribution in [3.63, 3.8) is 0 Å². The Balaban J connectivity index is 1.51. The predicted molar refractivity (Wildman–Crippen MR) is 95.8 cm³/mol. The van der Waals surface area contributed by atoms with Crippen LogP contribution in [-0.4, -0.2) is 52.0 Å². The summed E-state index contributed by atoms with van der Waals surface area (Å²) in [4.78, 5) is 31.3. The van der Waals surface area contributed by atoms with Crippen LogP contribution in [0.25, 0.3) is 0 Å². The van der Waals surface area contributed by atoms with Crippen molar-refractivity contribution in [1.29, 1.82) is 0 Å². The Bertz CT molecular complexity index is 744. The first-order valence-electron chi connectivity index (χ1n) is 8.54. The number of hydrogen-bond acceptors (Lipinski definition) is 7. The van der Waals surface area contributed by atoms with E-state index >= 15 is 0 Å². The third-order valence-electron chi connectivity index (χ3n) is 3.97. The van der Waals surface area contributed by atoms with Gasteiger partial charge in [-0.05, 0) is 32.8 Å². The van der Waals surface area contributed by atoms with E-state index < -0.39 is 0 Å². The summed E-state index contributed by atoms with van der Waals surface area (Å²) in [6, 6.07) is 3.72. The highest BCUT2D eigenvalue weighted by atomic mass is 16.2. The maximum atomic E-state index is 12.0. The minimum atomic E-state index is -0.276. The fourth-order valence-electron chi connectivity index (χ4n) is 2.75. The molecule has 25 heavy (non-hydrogen) atoms. The lowest BCUT2D eigenvalue weighted by atomic mass is 10.4. The normalized spacial score (nSPS) is 13.8. The number of aryl methyl sites for hydroxylation is 2. The van der Waals surface area contributed by atoms with Gasteiger partial charge in [0.05, 0.1) is 0 Å². The molecule has 8 nitrogen and oxygen atoms in total. The van der Waals surface area contributed by atoms with Gasteiger partial charge in [-0.25, -0.2) is 19.9 Å². The van der Waals surface area contributed by atoms with Crippen molar-refractivity contribution in [2.75, 3.05) is 36.4 Å². The monoisotopic (exact) mass is 341 g/mol. The summed E-state index contributed by atoms with van der Waals surface area (Å²) in [7, 11) is 0. The van der Waals surface area contributed by atoms with Crippen LogP contribution in [0.3, 0.4) is 0 Å². The lowest BCUT2D eigenvalue weighted by Gasteiger charge is -2.17. The number of carbonyl (C=O) groups is 1. The predicted octanol–water partition coefficient (Wildman–Crippen LogP) is 1.33. The van der Waals surface area contributed by atoms with Crippen molar-refractivity contribution in [2.45, 2.75) is 26.7 Å². The summed E-state index contributed by atoms with van der Waals surface area (Å²) in [6.45, 7) is 6.83. The number of aromatic nitrogens is 4. The molecule has 2 aromatic heterocycles. The first-order chi connectivity index (χ1) is 12.1. The third kappa shape index (κ3) is 4.62. The Morgan fingerprint density at radius 1 is 1.16 bits per heavy atom. The van der Waals surface area contributed by atoms with Gasteiger partial charge in [0.2, 0.25) is 5.82 Å². The maximum Gasteiger partial charge on any atom is 0.289 e. The lowest BCUT2D eigenvalue weighted by Crippen LogP contribution is -2.30. The summed E-state index contributed by atoms with van der Waals surface area (Å²) < 4.78 is 0. The third-order valence-corrected chi connectivity index (χ3v) is 3.97. The van der Waals surface area contributed by atoms with Crippen molar-refractivity contribution in [3.05, 3.63) is 35.7 Å². The highest BCUT2D eigenvalue weighted by Crippen LogP contribution is 2.20. The molecule has 3 heterocycles. The average Bonchev–Trinajstić information content (AvgIpc) is 3.13. The minimum Gasteiger partial charge on any atom is -0.368 e. The van der Waals surface area contributed by atoms with E-state index in [1.165, 1.54) is 12.8 Å². The minimum absolute atomic E-state index is 0.189. The van der Waals surface area contributed by atoms with E-state index in [0.29, 0.717) is 13.1 Å². The van der Waals surface area contributed by atoms with Gasteiger partial charge in [0.15, 0.2) is 0 Å². The molecule has 3 rings (SSSR count). The zero-order valence-corrected chi connectivity index (χ0v) is 14.6. The van der Waals surface area contributed by atoms with Gasteiger partial charge in [0.1, 0.15) is 17.5 Å². The van der Waals surface area contributed by atoms with Crippen molar-refractivity contribution in [3.8, 4) is 0 Å². The van der Waals surface area contributed by atoms with E-state index in [0.717, 1.165) is 36.2 Å². The molecule has 1 aliphatic heterocycles. The molecule has 2 N–H and O–H groups in total. The molecule has 1 amide bonds. The number of anilines is 2. The number of nitrogens with zero attached hydrogens (tertiary/aromatic N) is 5. The van der Waals surface area contributed by atoms with E-state index in [4.69, 9.17) is 0 Å². The molecule has 8 heteroatoms. The molecule has 0 bridgehead atoms. The molecule has 0 spiro atoms. The Morgan fingerprint density at radius 2 is 1.96 bits per heavy atom. The van der Waals surface area contributed by atoms with Gasteiger partial charge < -0.3 is 15.5 Å². The van der Waals surface area contributed by atoms with Crippen LogP contribution in [0.2, 0.25) is 0 Å². The highest BCUT2D eigenvalue weighted by molar-refractivity contribution is 5.90. The van der Waals surface area contributed by atoms with Crippen LogP contribution in [0.15, 0.2) is 18.3 Å². The summed E-state index contributed by atoms with van der Waals surface area (Å²) in [5, 5.41) is 6.03. The van der Waals surface area contributed by atoms with E-state index in [-0.39, 0.29) is 11.7 Å². The SMILES string of the molecule is Cc1ccnc(C(=O)NCCNc2cc(N3CCCC3)nc(C)n2)n1. The van der Waals surface area contributed by atoms with Gasteiger partial charge in [-0.2, -0.15) is 0 Å². The van der Waals surface area contributed by atoms with Gasteiger partial charge >= 0.3 is 0 Å². The van der Waals surface area contributed by atoms with Crippen molar-refractivity contribution >= 4 is 17.5 Å². The summed E-state index contributed by atoms with van der Waals surface area (Å²) in [5.41, 5.74) is 0.768. The second-order valence-electron chi connectivity index (χ2n) is 6.06. The van der Waals surface area contributed by atoms with Crippen LogP contribution in [0, 0.1) is 13.8 Å². The molecule has 1 fully saturated rings. The van der Waals surface area contributed by atoms with Gasteiger partial charge in [-0.15, -0.1) is 0 Å². The largest absolute Gasteiger partial charge is 0.368 e. The fourth-order valence-corrected chi connectivity index (χ4v) is 2.75. The smallest absolute Gasteiger partial charge is 0.289 e. The fraction of sp³-hybridized carbons (Fsp3) is 0.471. The first-order valence-corrected chi connectivity index (χ1v) is 8.54. The summed E-state index contributed by atoms with van der Waals surface area (Å²) in [6.07, 6.45) is 4.00. The van der Waals surface area contributed by atoms with Gasteiger partial charge in [0.25, 0.3) is 5.91 Å². The highest BCUT2D eigenvalue weighted by Gasteiger charge is 2.15. The molecular formula is C17H23N7O. The van der Waals surface area contributed by atoms with Gasteiger partial charge in [-0.1, -0.05) is 0 Å². The Morgan fingerprint density at radius 3 is 2.72 bits per heavy atom. The van der Waals surface area contributed by atoms with E-state index in [9.17, 15) is 4.79 Å². The number of rotatable bonds is 6. The number of carbonyl (C=O) groups excluding carboxylic acids is 1. The van der Waals surface area contributed by atoms with Gasteiger partial charge in [0, 0.05) is 44.1 Å². The van der Waals surface area contributed by atoms with Crippen LogP contribution in [0.4, 0.5) is 11.6 Å². The summed E-state index contributed by atoms with van der Waals surface area (Å²) >= 11 is 0. The van der Waals surface area contributed by atoms with Gasteiger partial charge in [-0.3, -0.25) is 4.79 Å². The topological polar surface area (TPSA) is 95.9 Å². The molecule has 0 atom stereocenters. The van der Waals surface area contributed by atoms with Crippen molar-refractivity contribution in [2.24, 2.45) is 0 Å². The second kappa shape index (κ2) is 7.87. The molecular weight excluding hydrogens is 318 g/mol. The Kier molecular flexibility index (Phi) is 5.37. The zero-order chi connectivity index (χ0) is 17.6. The number of nitrogens with one attached hydrogen (secondary N) is 2. The Labute approximate surface area is 147 Å². The standard InChI is InChI=1S/C17H23N7O/c1-12-5-6-19-16(21-12)17(25)20-8-7-18-14-11-15(23-13(2)22-14)24-9-3-4-10-24/h5-6,11H,3-4,7-10H2,1-2H3,(H,20,25)(H,18,22,23). The zero-order valence-electron chi connectivity index (χ0n) is 14.6. The lowest BCUT2D eigenvalue weighted by molar-refractivity contribution is 0.0944. The molecule has 1 aliphatic rings. The molecule has 0 unspecified atom stereocenters. The summed E-state index contributed by atoms with van der Waals surface area (Å²) in [5.74, 6) is 2.39. The van der Waals surface area contributed by atoms with Crippen molar-refractivity contribution < 1.29 is 4.79 Å². The quantitative estimate of drug-likeness (QED) is 0.765. The Hall–Kier alpha value is -2.77. The van der Waals surface area contributed by atoms with Crippen LogP contribution in [-0.2, 0) is 0 Å². The molecule has 1 saturated heterocycles. The molecule has 0 saturated carbocycles. The first kappa shape index (κ1) is 17.1. The molecule has 0 aliphatic carbocycles. The van der Waals surface area contributed by atoms with Crippen molar-refractivity contribution in [1.82, 2.24) is 25.3 Å². The van der Waals surface area contributed by atoms with E-state index in [2.05, 4.69) is 35.5 Å². The van der Waals surface area contributed by atoms with Crippen LogP contribution in [0.5, 0.6) is 0 Å². The van der Waals surface area contributed by atoms with Crippen LogP contribution < -0.4 is 15.5 Å². The second-order valence-corrected chi connectivity index (χ2v) is 6.06. The number of hydrogen-bond donors (Lipinski definition) is 2. The maximum absolute atomic E-state index is 12.0. The molecule has 0 aromatic carbocycles. The van der Waals surface area contributed by atoms with Crippen LogP contribution in [0.1, 0.15) is 35.0 Å². The molecule has 2 aromatic rings. The van der Waals surface area contributed by atoms with E-state index in [1.54, 1.807) is 12.3 Å². The van der Waals surface area contributed by atoms with Crippen LogP contribution >= 0.6 is 0 Å². The average molecular weight is 341 g/mol. The molecule has 0 radical (unpaired) electrons. The number of amides is 1.